The summed E-state index contributed by atoms with van der Waals surface area (Å²) in [5.74, 6) is 0.105. The molecule has 3 aromatic rings. The van der Waals surface area contributed by atoms with Gasteiger partial charge in [-0.05, 0) is 36.4 Å². The van der Waals surface area contributed by atoms with Crippen LogP contribution in [0.3, 0.4) is 0 Å². The van der Waals surface area contributed by atoms with Crippen LogP contribution >= 0.6 is 0 Å². The van der Waals surface area contributed by atoms with Gasteiger partial charge in [-0.1, -0.05) is 12.1 Å². The Morgan fingerprint density at radius 2 is 1.67 bits per heavy atom. The summed E-state index contributed by atoms with van der Waals surface area (Å²) in [6, 6.07) is 13.6. The third kappa shape index (κ3) is 3.33. The highest BCUT2D eigenvalue weighted by atomic mass is 16.5. The van der Waals surface area contributed by atoms with Crippen molar-refractivity contribution in [2.75, 3.05) is 12.4 Å². The number of carbonyl (C=O) groups excluding carboxylic acids is 2. The number of esters is 1. The fourth-order valence-electron chi connectivity index (χ4n) is 2.21. The Labute approximate surface area is 138 Å². The van der Waals surface area contributed by atoms with Crippen molar-refractivity contribution in [3.8, 4) is 11.4 Å². The summed E-state index contributed by atoms with van der Waals surface area (Å²) in [5, 5.41) is 2.78. The van der Waals surface area contributed by atoms with Gasteiger partial charge >= 0.3 is 5.97 Å². The SMILES string of the molecule is COC(=O)c1ccc(NC(=O)c2ccc(-c3ncc[nH]3)cc2)cc1. The zero-order chi connectivity index (χ0) is 16.9. The zero-order valence-corrected chi connectivity index (χ0v) is 12.9. The van der Waals surface area contributed by atoms with Crippen molar-refractivity contribution in [3.05, 3.63) is 72.1 Å². The van der Waals surface area contributed by atoms with Crippen LogP contribution in [0.15, 0.2) is 60.9 Å². The van der Waals surface area contributed by atoms with E-state index < -0.39 is 5.97 Å². The Bertz CT molecular complexity index is 838. The highest BCUT2D eigenvalue weighted by Crippen LogP contribution is 2.16. The molecule has 3 rings (SSSR count). The van der Waals surface area contributed by atoms with E-state index >= 15 is 0 Å². The van der Waals surface area contributed by atoms with E-state index in [9.17, 15) is 9.59 Å². The molecule has 1 amide bonds. The molecule has 0 atom stereocenters. The van der Waals surface area contributed by atoms with Gasteiger partial charge in [-0.2, -0.15) is 0 Å². The van der Waals surface area contributed by atoms with Crippen molar-refractivity contribution in [2.24, 2.45) is 0 Å². The molecular weight excluding hydrogens is 306 g/mol. The molecule has 0 fully saturated rings. The van der Waals surface area contributed by atoms with Gasteiger partial charge in [0.1, 0.15) is 5.82 Å². The number of anilines is 1. The fourth-order valence-corrected chi connectivity index (χ4v) is 2.21. The Morgan fingerprint density at radius 3 is 2.25 bits per heavy atom. The smallest absolute Gasteiger partial charge is 0.337 e. The van der Waals surface area contributed by atoms with E-state index in [2.05, 4.69) is 20.0 Å². The number of hydrogen-bond acceptors (Lipinski definition) is 4. The predicted octanol–water partition coefficient (Wildman–Crippen LogP) is 3.12. The molecule has 0 spiro atoms. The number of methoxy groups -OCH3 is 1. The van der Waals surface area contributed by atoms with Gasteiger partial charge in [0.25, 0.3) is 5.91 Å². The molecule has 0 aliphatic heterocycles. The van der Waals surface area contributed by atoms with Crippen molar-refractivity contribution in [2.45, 2.75) is 0 Å². The summed E-state index contributed by atoms with van der Waals surface area (Å²) in [6.07, 6.45) is 3.42. The van der Waals surface area contributed by atoms with Crippen molar-refractivity contribution in [3.63, 3.8) is 0 Å². The highest BCUT2D eigenvalue weighted by Gasteiger charge is 2.09. The number of rotatable bonds is 4. The highest BCUT2D eigenvalue weighted by molar-refractivity contribution is 6.04. The van der Waals surface area contributed by atoms with E-state index in [0.717, 1.165) is 11.4 Å². The number of benzene rings is 2. The normalized spacial score (nSPS) is 10.2. The van der Waals surface area contributed by atoms with Gasteiger partial charge in [0.2, 0.25) is 0 Å². The molecule has 0 aliphatic carbocycles. The van der Waals surface area contributed by atoms with Crippen LogP contribution in [0, 0.1) is 0 Å². The number of amides is 1. The van der Waals surface area contributed by atoms with E-state index in [-0.39, 0.29) is 5.91 Å². The van der Waals surface area contributed by atoms with Crippen LogP contribution in [-0.4, -0.2) is 29.0 Å². The molecule has 24 heavy (non-hydrogen) atoms. The molecule has 0 radical (unpaired) electrons. The summed E-state index contributed by atoms with van der Waals surface area (Å²) >= 11 is 0. The quantitative estimate of drug-likeness (QED) is 0.723. The molecule has 0 aliphatic rings. The van der Waals surface area contributed by atoms with Crippen LogP contribution < -0.4 is 5.32 Å². The molecule has 1 aromatic heterocycles. The molecule has 0 unspecified atom stereocenters. The topological polar surface area (TPSA) is 84.1 Å². The first-order chi connectivity index (χ1) is 11.7. The van der Waals surface area contributed by atoms with E-state index in [0.29, 0.717) is 16.8 Å². The summed E-state index contributed by atoms with van der Waals surface area (Å²) in [6.45, 7) is 0. The van der Waals surface area contributed by atoms with Crippen LogP contribution in [0.4, 0.5) is 5.69 Å². The fraction of sp³-hybridized carbons (Fsp3) is 0.0556. The minimum Gasteiger partial charge on any atom is -0.465 e. The molecule has 2 aromatic carbocycles. The van der Waals surface area contributed by atoms with Crippen molar-refractivity contribution in [1.29, 1.82) is 0 Å². The average Bonchev–Trinajstić information content (AvgIpc) is 3.16. The predicted molar refractivity (Wildman–Crippen MR) is 89.8 cm³/mol. The van der Waals surface area contributed by atoms with Crippen LogP contribution in [0.2, 0.25) is 0 Å². The van der Waals surface area contributed by atoms with Crippen molar-refractivity contribution in [1.82, 2.24) is 9.97 Å². The van der Waals surface area contributed by atoms with Crippen molar-refractivity contribution < 1.29 is 14.3 Å². The molecule has 6 heteroatoms. The number of aromatic nitrogens is 2. The number of nitrogens with one attached hydrogen (secondary N) is 2. The number of aromatic amines is 1. The van der Waals surface area contributed by atoms with Crippen molar-refractivity contribution >= 4 is 17.6 Å². The average molecular weight is 321 g/mol. The Kier molecular flexibility index (Phi) is 4.38. The third-order valence-electron chi connectivity index (χ3n) is 3.48. The number of hydrogen-bond donors (Lipinski definition) is 2. The first kappa shape index (κ1) is 15.5. The van der Waals surface area contributed by atoms with Crippen LogP contribution in [0.5, 0.6) is 0 Å². The Balaban J connectivity index is 1.69. The maximum Gasteiger partial charge on any atom is 0.337 e. The van der Waals surface area contributed by atoms with Crippen LogP contribution in [0.1, 0.15) is 20.7 Å². The minimum atomic E-state index is -0.415. The summed E-state index contributed by atoms with van der Waals surface area (Å²) in [5.41, 5.74) is 2.46. The lowest BCUT2D eigenvalue weighted by Gasteiger charge is -2.07. The van der Waals surface area contributed by atoms with Gasteiger partial charge in [-0.25, -0.2) is 9.78 Å². The Morgan fingerprint density at radius 1 is 1.00 bits per heavy atom. The van der Waals surface area contributed by atoms with E-state index in [1.807, 2.05) is 12.1 Å². The molecule has 6 nitrogen and oxygen atoms in total. The number of H-pyrrole nitrogens is 1. The number of ether oxygens (including phenoxy) is 1. The second-order valence-electron chi connectivity index (χ2n) is 5.04. The number of carbonyl (C=O) groups is 2. The molecule has 2 N–H and O–H groups in total. The summed E-state index contributed by atoms with van der Waals surface area (Å²) < 4.78 is 4.63. The standard InChI is InChI=1S/C18H15N3O3/c1-24-18(23)14-6-8-15(9-7-14)21-17(22)13-4-2-12(3-5-13)16-19-10-11-20-16/h2-11H,1H3,(H,19,20)(H,21,22). The number of nitrogens with zero attached hydrogens (tertiary/aromatic N) is 1. The lowest BCUT2D eigenvalue weighted by Crippen LogP contribution is -2.12. The molecular formula is C18H15N3O3. The summed E-state index contributed by atoms with van der Waals surface area (Å²) in [7, 11) is 1.32. The minimum absolute atomic E-state index is 0.230. The van der Waals surface area contributed by atoms with Gasteiger partial charge in [0.05, 0.1) is 12.7 Å². The van der Waals surface area contributed by atoms with E-state index in [1.54, 1.807) is 48.8 Å². The largest absolute Gasteiger partial charge is 0.465 e. The monoisotopic (exact) mass is 321 g/mol. The van der Waals surface area contributed by atoms with Crippen LogP contribution in [-0.2, 0) is 4.74 Å². The Hall–Kier alpha value is -3.41. The lowest BCUT2D eigenvalue weighted by atomic mass is 10.1. The van der Waals surface area contributed by atoms with Gasteiger partial charge in [0, 0.05) is 29.2 Å². The first-order valence-electron chi connectivity index (χ1n) is 7.27. The molecule has 1 heterocycles. The maximum atomic E-state index is 12.3. The van der Waals surface area contributed by atoms with Gasteiger partial charge in [0.15, 0.2) is 0 Å². The van der Waals surface area contributed by atoms with E-state index in [1.165, 1.54) is 7.11 Å². The summed E-state index contributed by atoms with van der Waals surface area (Å²) in [4.78, 5) is 30.8. The third-order valence-corrected chi connectivity index (χ3v) is 3.48. The number of imidazole rings is 1. The van der Waals surface area contributed by atoms with Gasteiger partial charge < -0.3 is 15.0 Å². The second kappa shape index (κ2) is 6.78. The second-order valence-corrected chi connectivity index (χ2v) is 5.04. The zero-order valence-electron chi connectivity index (χ0n) is 12.9. The van der Waals surface area contributed by atoms with Crippen LogP contribution in [0.25, 0.3) is 11.4 Å². The first-order valence-corrected chi connectivity index (χ1v) is 7.27. The molecule has 0 saturated heterocycles. The molecule has 0 bridgehead atoms. The van der Waals surface area contributed by atoms with E-state index in [4.69, 9.17) is 0 Å². The van der Waals surface area contributed by atoms with Gasteiger partial charge in [-0.15, -0.1) is 0 Å². The molecule has 120 valence electrons. The maximum absolute atomic E-state index is 12.3. The van der Waals surface area contributed by atoms with Gasteiger partial charge in [-0.3, -0.25) is 4.79 Å². The lowest BCUT2D eigenvalue weighted by molar-refractivity contribution is 0.0600. The molecule has 0 saturated carbocycles.